The normalized spacial score (nSPS) is 10.5. The monoisotopic (exact) mass is 311 g/mol. The van der Waals surface area contributed by atoms with Crippen molar-refractivity contribution < 1.29 is 4.79 Å². The number of para-hydroxylation sites is 1. The number of rotatable bonds is 3. The molecule has 0 aliphatic carbocycles. The van der Waals surface area contributed by atoms with Crippen LogP contribution in [0.4, 0.5) is 5.69 Å². The molecule has 1 amide bonds. The Bertz CT molecular complexity index is 812. The van der Waals surface area contributed by atoms with Gasteiger partial charge in [0.25, 0.3) is 5.91 Å². The van der Waals surface area contributed by atoms with Crippen molar-refractivity contribution >= 4 is 23.2 Å². The Labute approximate surface area is 133 Å². The molecule has 0 bridgehead atoms. The lowest BCUT2D eigenvalue weighted by molar-refractivity contribution is 0.102. The van der Waals surface area contributed by atoms with Gasteiger partial charge in [0, 0.05) is 5.69 Å². The first kappa shape index (κ1) is 14.4. The van der Waals surface area contributed by atoms with E-state index in [-0.39, 0.29) is 5.91 Å². The van der Waals surface area contributed by atoms with E-state index in [9.17, 15) is 4.79 Å². The van der Waals surface area contributed by atoms with Crippen molar-refractivity contribution in [1.82, 2.24) is 9.55 Å². The molecule has 3 rings (SSSR count). The molecule has 4 nitrogen and oxygen atoms in total. The van der Waals surface area contributed by atoms with E-state index in [0.29, 0.717) is 16.4 Å². The Kier molecular flexibility index (Phi) is 3.94. The number of halogens is 1. The highest BCUT2D eigenvalue weighted by Gasteiger charge is 2.14. The maximum Gasteiger partial charge on any atom is 0.274 e. The SMILES string of the molecule is Cc1ccc(NC(=O)c2cncn2-c2ccccc2)c(Cl)c1. The van der Waals surface area contributed by atoms with Gasteiger partial charge in [-0.2, -0.15) is 0 Å². The fourth-order valence-electron chi connectivity index (χ4n) is 2.17. The highest BCUT2D eigenvalue weighted by molar-refractivity contribution is 6.34. The fourth-order valence-corrected chi connectivity index (χ4v) is 2.45. The Morgan fingerprint density at radius 1 is 1.18 bits per heavy atom. The molecule has 110 valence electrons. The quantitative estimate of drug-likeness (QED) is 0.792. The van der Waals surface area contributed by atoms with Crippen LogP contribution in [0.15, 0.2) is 61.1 Å². The summed E-state index contributed by atoms with van der Waals surface area (Å²) in [5, 5.41) is 3.33. The van der Waals surface area contributed by atoms with Gasteiger partial charge in [0.05, 0.1) is 23.2 Å². The van der Waals surface area contributed by atoms with Crippen LogP contribution in [0.1, 0.15) is 16.1 Å². The number of nitrogens with zero attached hydrogens (tertiary/aromatic N) is 2. The third-order valence-electron chi connectivity index (χ3n) is 3.28. The number of imidazole rings is 1. The van der Waals surface area contributed by atoms with Crippen LogP contribution in [-0.2, 0) is 0 Å². The molecular weight excluding hydrogens is 298 g/mol. The summed E-state index contributed by atoms with van der Waals surface area (Å²) in [6.07, 6.45) is 3.14. The van der Waals surface area contributed by atoms with E-state index in [1.54, 1.807) is 17.0 Å². The van der Waals surface area contributed by atoms with E-state index in [4.69, 9.17) is 11.6 Å². The molecule has 2 aromatic carbocycles. The summed E-state index contributed by atoms with van der Waals surface area (Å²) in [6.45, 7) is 1.95. The van der Waals surface area contributed by atoms with Gasteiger partial charge in [-0.05, 0) is 36.8 Å². The summed E-state index contributed by atoms with van der Waals surface area (Å²) in [7, 11) is 0. The predicted octanol–water partition coefficient (Wildman–Crippen LogP) is 4.09. The number of carbonyl (C=O) groups is 1. The van der Waals surface area contributed by atoms with Gasteiger partial charge in [-0.3, -0.25) is 9.36 Å². The van der Waals surface area contributed by atoms with Crippen LogP contribution < -0.4 is 5.32 Å². The predicted molar refractivity (Wildman–Crippen MR) is 87.7 cm³/mol. The van der Waals surface area contributed by atoms with E-state index < -0.39 is 0 Å². The van der Waals surface area contributed by atoms with E-state index in [2.05, 4.69) is 10.3 Å². The molecule has 0 aliphatic heterocycles. The zero-order valence-electron chi connectivity index (χ0n) is 12.0. The minimum atomic E-state index is -0.257. The van der Waals surface area contributed by atoms with Gasteiger partial charge in [0.15, 0.2) is 0 Å². The van der Waals surface area contributed by atoms with Crippen LogP contribution in [-0.4, -0.2) is 15.5 Å². The second-order valence-corrected chi connectivity index (χ2v) is 5.33. The molecule has 1 heterocycles. The number of amides is 1. The topological polar surface area (TPSA) is 46.9 Å². The van der Waals surface area contributed by atoms with Crippen LogP contribution in [0, 0.1) is 6.92 Å². The first-order chi connectivity index (χ1) is 10.6. The molecule has 3 aromatic rings. The highest BCUT2D eigenvalue weighted by Crippen LogP contribution is 2.23. The molecule has 1 aromatic heterocycles. The standard InChI is InChI=1S/C17H14ClN3O/c1-12-7-8-15(14(18)9-12)20-17(22)16-10-19-11-21(16)13-5-3-2-4-6-13/h2-11H,1H3,(H,20,22). The number of carbonyl (C=O) groups excluding carboxylic acids is 1. The van der Waals surface area contributed by atoms with E-state index in [1.807, 2.05) is 49.4 Å². The highest BCUT2D eigenvalue weighted by atomic mass is 35.5. The van der Waals surface area contributed by atoms with Crippen molar-refractivity contribution in [3.05, 3.63) is 77.3 Å². The molecule has 1 N–H and O–H groups in total. The van der Waals surface area contributed by atoms with Gasteiger partial charge in [0.2, 0.25) is 0 Å². The van der Waals surface area contributed by atoms with Crippen molar-refractivity contribution in [2.45, 2.75) is 6.92 Å². The summed E-state index contributed by atoms with van der Waals surface area (Å²) in [5.41, 5.74) is 2.94. The van der Waals surface area contributed by atoms with Gasteiger partial charge < -0.3 is 5.32 Å². The Hall–Kier alpha value is -2.59. The molecule has 0 aliphatic rings. The summed E-state index contributed by atoms with van der Waals surface area (Å²) < 4.78 is 1.73. The van der Waals surface area contributed by atoms with Crippen LogP contribution >= 0.6 is 11.6 Å². The number of anilines is 1. The lowest BCUT2D eigenvalue weighted by atomic mass is 10.2. The van der Waals surface area contributed by atoms with Gasteiger partial charge in [0.1, 0.15) is 5.69 Å². The van der Waals surface area contributed by atoms with Crippen LogP contribution in [0.5, 0.6) is 0 Å². The molecule has 0 spiro atoms. The summed E-state index contributed by atoms with van der Waals surface area (Å²) >= 11 is 6.15. The first-order valence-corrected chi connectivity index (χ1v) is 7.18. The molecule has 0 atom stereocenters. The summed E-state index contributed by atoms with van der Waals surface area (Å²) in [4.78, 5) is 16.5. The van der Waals surface area contributed by atoms with Crippen molar-refractivity contribution in [1.29, 1.82) is 0 Å². The zero-order valence-corrected chi connectivity index (χ0v) is 12.7. The zero-order chi connectivity index (χ0) is 15.5. The maximum atomic E-state index is 12.5. The number of benzene rings is 2. The summed E-state index contributed by atoms with van der Waals surface area (Å²) in [6, 6.07) is 15.1. The third-order valence-corrected chi connectivity index (χ3v) is 3.59. The second kappa shape index (κ2) is 6.03. The number of hydrogen-bond acceptors (Lipinski definition) is 2. The number of hydrogen-bond donors (Lipinski definition) is 1. The molecule has 0 saturated heterocycles. The molecule has 0 radical (unpaired) electrons. The van der Waals surface area contributed by atoms with Gasteiger partial charge >= 0.3 is 0 Å². The van der Waals surface area contributed by atoms with Crippen LogP contribution in [0.25, 0.3) is 5.69 Å². The lowest BCUT2D eigenvalue weighted by Gasteiger charge is -2.10. The van der Waals surface area contributed by atoms with E-state index in [0.717, 1.165) is 11.3 Å². The first-order valence-electron chi connectivity index (χ1n) is 6.80. The molecule has 0 unspecified atom stereocenters. The van der Waals surface area contributed by atoms with Crippen LogP contribution in [0.2, 0.25) is 5.02 Å². The largest absolute Gasteiger partial charge is 0.319 e. The number of nitrogens with one attached hydrogen (secondary N) is 1. The summed E-state index contributed by atoms with van der Waals surface area (Å²) in [5.74, 6) is -0.257. The lowest BCUT2D eigenvalue weighted by Crippen LogP contribution is -2.16. The average molecular weight is 312 g/mol. The molecule has 22 heavy (non-hydrogen) atoms. The van der Waals surface area contributed by atoms with Crippen molar-refractivity contribution in [2.24, 2.45) is 0 Å². The molecule has 5 heteroatoms. The van der Waals surface area contributed by atoms with Crippen molar-refractivity contribution in [3.8, 4) is 5.69 Å². The fraction of sp³-hybridized carbons (Fsp3) is 0.0588. The Morgan fingerprint density at radius 2 is 1.95 bits per heavy atom. The average Bonchev–Trinajstić information content (AvgIpc) is 3.00. The van der Waals surface area contributed by atoms with Crippen molar-refractivity contribution in [2.75, 3.05) is 5.32 Å². The Balaban J connectivity index is 1.89. The third kappa shape index (κ3) is 2.87. The van der Waals surface area contributed by atoms with E-state index >= 15 is 0 Å². The van der Waals surface area contributed by atoms with Gasteiger partial charge in [-0.25, -0.2) is 4.98 Å². The van der Waals surface area contributed by atoms with E-state index in [1.165, 1.54) is 6.20 Å². The van der Waals surface area contributed by atoms with Crippen LogP contribution in [0.3, 0.4) is 0 Å². The van der Waals surface area contributed by atoms with Crippen molar-refractivity contribution in [3.63, 3.8) is 0 Å². The van der Waals surface area contributed by atoms with Gasteiger partial charge in [-0.15, -0.1) is 0 Å². The molecule has 0 saturated carbocycles. The maximum absolute atomic E-state index is 12.5. The molecular formula is C17H14ClN3O. The smallest absolute Gasteiger partial charge is 0.274 e. The number of aryl methyl sites for hydroxylation is 1. The Morgan fingerprint density at radius 3 is 2.68 bits per heavy atom. The molecule has 0 fully saturated rings. The minimum Gasteiger partial charge on any atom is -0.319 e. The second-order valence-electron chi connectivity index (χ2n) is 4.92. The minimum absolute atomic E-state index is 0.257. The van der Waals surface area contributed by atoms with Gasteiger partial charge in [-0.1, -0.05) is 35.9 Å². The number of aromatic nitrogens is 2.